The molecule has 4 aromatic rings. The molecule has 3 aromatic heterocycles. The number of imidazole rings is 1. The summed E-state index contributed by atoms with van der Waals surface area (Å²) in [7, 11) is 1.86. The third kappa shape index (κ3) is 2.72. The fraction of sp³-hybridized carbons (Fsp3) is 0.118. The third-order valence-corrected chi connectivity index (χ3v) is 4.16. The molecular formula is C17H15ClN6. The number of halogens is 1. The van der Waals surface area contributed by atoms with Gasteiger partial charge in [0.25, 0.3) is 0 Å². The van der Waals surface area contributed by atoms with E-state index in [9.17, 15) is 0 Å². The summed E-state index contributed by atoms with van der Waals surface area (Å²) in [6.45, 7) is 0.546. The molecule has 0 bridgehead atoms. The van der Waals surface area contributed by atoms with Crippen molar-refractivity contribution in [2.24, 2.45) is 7.05 Å². The van der Waals surface area contributed by atoms with Crippen LogP contribution in [0.1, 0.15) is 5.69 Å². The number of nitrogens with one attached hydrogen (secondary N) is 1. The molecule has 6 nitrogen and oxygen atoms in total. The Bertz CT molecular complexity index is 969. The first-order valence-electron chi connectivity index (χ1n) is 7.52. The molecule has 1 aromatic carbocycles. The number of anilines is 1. The number of rotatable bonds is 4. The van der Waals surface area contributed by atoms with Gasteiger partial charge < -0.3 is 5.32 Å². The smallest absolute Gasteiger partial charge is 0.236 e. The summed E-state index contributed by atoms with van der Waals surface area (Å²) in [5.74, 6) is 1.39. The molecule has 0 radical (unpaired) electrons. The van der Waals surface area contributed by atoms with Gasteiger partial charge in [-0.25, -0.2) is 4.98 Å². The first-order chi connectivity index (χ1) is 11.7. The highest BCUT2D eigenvalue weighted by molar-refractivity contribution is 6.31. The van der Waals surface area contributed by atoms with E-state index in [4.69, 9.17) is 11.6 Å². The zero-order valence-corrected chi connectivity index (χ0v) is 13.8. The van der Waals surface area contributed by atoms with Crippen LogP contribution in [0.15, 0.2) is 55.0 Å². The summed E-state index contributed by atoms with van der Waals surface area (Å²) in [5.41, 5.74) is 2.88. The minimum atomic E-state index is 0.546. The summed E-state index contributed by atoms with van der Waals surface area (Å²) < 4.78 is 3.65. The molecule has 0 saturated heterocycles. The second-order valence-electron chi connectivity index (χ2n) is 5.43. The topological polar surface area (TPSA) is 60.0 Å². The third-order valence-electron chi connectivity index (χ3n) is 3.84. The van der Waals surface area contributed by atoms with Crippen molar-refractivity contribution in [1.82, 2.24) is 24.1 Å². The van der Waals surface area contributed by atoms with Crippen LogP contribution in [0.2, 0.25) is 5.02 Å². The zero-order valence-electron chi connectivity index (χ0n) is 13.0. The quantitative estimate of drug-likeness (QED) is 0.619. The number of hydrogen-bond donors (Lipinski definition) is 1. The van der Waals surface area contributed by atoms with E-state index < -0.39 is 0 Å². The molecule has 0 aliphatic carbocycles. The lowest BCUT2D eigenvalue weighted by atomic mass is 10.2. The van der Waals surface area contributed by atoms with Crippen molar-refractivity contribution in [3.8, 4) is 11.3 Å². The fourth-order valence-corrected chi connectivity index (χ4v) is 2.76. The highest BCUT2D eigenvalue weighted by Crippen LogP contribution is 2.19. The van der Waals surface area contributed by atoms with Gasteiger partial charge in [0.1, 0.15) is 5.82 Å². The van der Waals surface area contributed by atoms with Crippen LogP contribution >= 0.6 is 11.6 Å². The normalized spacial score (nSPS) is 11.1. The molecule has 0 fully saturated rings. The van der Waals surface area contributed by atoms with Gasteiger partial charge in [-0.1, -0.05) is 41.9 Å². The monoisotopic (exact) mass is 338 g/mol. The van der Waals surface area contributed by atoms with Crippen molar-refractivity contribution in [2.45, 2.75) is 6.54 Å². The Hall–Kier alpha value is -2.86. The second kappa shape index (κ2) is 5.98. The standard InChI is InChI=1S/C17H15ClN6/c1-23-15(13(18)9-20-23)10-19-16-7-8-24-11-14(21-17(24)22-16)12-5-3-2-4-6-12/h2-9,11H,10H2,1H3,(H,19,21,22). The van der Waals surface area contributed by atoms with Gasteiger partial charge in [-0.2, -0.15) is 10.1 Å². The lowest BCUT2D eigenvalue weighted by molar-refractivity contribution is 0.720. The molecular weight excluding hydrogens is 324 g/mol. The van der Waals surface area contributed by atoms with Crippen molar-refractivity contribution >= 4 is 23.2 Å². The van der Waals surface area contributed by atoms with Crippen LogP contribution < -0.4 is 5.32 Å². The SMILES string of the molecule is Cn1ncc(Cl)c1CNc1ccn2cc(-c3ccccc3)nc2n1. The highest BCUT2D eigenvalue weighted by Gasteiger charge is 2.08. The molecule has 0 saturated carbocycles. The largest absolute Gasteiger partial charge is 0.364 e. The van der Waals surface area contributed by atoms with E-state index in [2.05, 4.69) is 20.4 Å². The molecule has 0 unspecified atom stereocenters. The van der Waals surface area contributed by atoms with E-state index in [-0.39, 0.29) is 0 Å². The van der Waals surface area contributed by atoms with Crippen molar-refractivity contribution < 1.29 is 0 Å². The summed E-state index contributed by atoms with van der Waals surface area (Å²) in [5, 5.41) is 8.02. The van der Waals surface area contributed by atoms with Crippen LogP contribution in [0.3, 0.4) is 0 Å². The number of fused-ring (bicyclic) bond motifs is 1. The Labute approximate surface area is 143 Å². The van der Waals surface area contributed by atoms with Gasteiger partial charge >= 0.3 is 0 Å². The summed E-state index contributed by atoms with van der Waals surface area (Å²) in [4.78, 5) is 9.14. The van der Waals surface area contributed by atoms with E-state index in [0.29, 0.717) is 17.3 Å². The Morgan fingerprint density at radius 2 is 1.96 bits per heavy atom. The average Bonchev–Trinajstić information content (AvgIpc) is 3.17. The van der Waals surface area contributed by atoms with Crippen molar-refractivity contribution in [1.29, 1.82) is 0 Å². The van der Waals surface area contributed by atoms with E-state index in [1.54, 1.807) is 10.9 Å². The van der Waals surface area contributed by atoms with E-state index >= 15 is 0 Å². The molecule has 0 aliphatic rings. The predicted octanol–water partition coefficient (Wildman–Crippen LogP) is 3.40. The highest BCUT2D eigenvalue weighted by atomic mass is 35.5. The van der Waals surface area contributed by atoms with Crippen LogP contribution in [0.4, 0.5) is 5.82 Å². The number of nitrogens with zero attached hydrogens (tertiary/aromatic N) is 5. The van der Waals surface area contributed by atoms with Crippen LogP contribution in [0.5, 0.6) is 0 Å². The minimum absolute atomic E-state index is 0.546. The van der Waals surface area contributed by atoms with Gasteiger partial charge in [0, 0.05) is 25.0 Å². The maximum atomic E-state index is 6.12. The molecule has 0 spiro atoms. The number of hydrogen-bond acceptors (Lipinski definition) is 4. The van der Waals surface area contributed by atoms with Gasteiger partial charge in [-0.05, 0) is 6.07 Å². The molecule has 4 rings (SSSR count). The summed E-state index contributed by atoms with van der Waals surface area (Å²) >= 11 is 6.12. The van der Waals surface area contributed by atoms with Crippen LogP contribution in [0.25, 0.3) is 17.0 Å². The summed E-state index contributed by atoms with van der Waals surface area (Å²) in [6.07, 6.45) is 5.55. The predicted molar refractivity (Wildman–Crippen MR) is 94.0 cm³/mol. The van der Waals surface area contributed by atoms with Crippen molar-refractivity contribution in [3.63, 3.8) is 0 Å². The van der Waals surface area contributed by atoms with Gasteiger partial charge in [0.15, 0.2) is 0 Å². The van der Waals surface area contributed by atoms with E-state index in [1.807, 2.05) is 60.2 Å². The Kier molecular flexibility index (Phi) is 3.66. The Morgan fingerprint density at radius 3 is 2.71 bits per heavy atom. The van der Waals surface area contributed by atoms with Gasteiger partial charge in [0.2, 0.25) is 5.78 Å². The molecule has 3 heterocycles. The Balaban J connectivity index is 1.59. The van der Waals surface area contributed by atoms with Crippen molar-refractivity contribution in [3.05, 3.63) is 65.7 Å². The first-order valence-corrected chi connectivity index (χ1v) is 7.90. The number of aryl methyl sites for hydroxylation is 1. The molecule has 24 heavy (non-hydrogen) atoms. The maximum Gasteiger partial charge on any atom is 0.236 e. The molecule has 0 atom stereocenters. The lowest BCUT2D eigenvalue weighted by Crippen LogP contribution is -2.07. The molecule has 0 aliphatic heterocycles. The molecule has 7 heteroatoms. The number of benzene rings is 1. The van der Waals surface area contributed by atoms with Gasteiger partial charge in [-0.15, -0.1) is 0 Å². The zero-order chi connectivity index (χ0) is 16.5. The Morgan fingerprint density at radius 1 is 1.12 bits per heavy atom. The lowest BCUT2D eigenvalue weighted by Gasteiger charge is -2.06. The van der Waals surface area contributed by atoms with Crippen LogP contribution in [0, 0.1) is 0 Å². The average molecular weight is 339 g/mol. The van der Waals surface area contributed by atoms with Crippen molar-refractivity contribution in [2.75, 3.05) is 5.32 Å². The maximum absolute atomic E-state index is 6.12. The van der Waals surface area contributed by atoms with Crippen LogP contribution in [-0.2, 0) is 13.6 Å². The molecule has 0 amide bonds. The second-order valence-corrected chi connectivity index (χ2v) is 5.84. The van der Waals surface area contributed by atoms with Gasteiger partial charge in [0.05, 0.1) is 29.2 Å². The van der Waals surface area contributed by atoms with E-state index in [0.717, 1.165) is 22.8 Å². The molecule has 1 N–H and O–H groups in total. The summed E-state index contributed by atoms with van der Waals surface area (Å²) in [6, 6.07) is 12.0. The van der Waals surface area contributed by atoms with Gasteiger partial charge in [-0.3, -0.25) is 9.08 Å². The van der Waals surface area contributed by atoms with Crippen LogP contribution in [-0.4, -0.2) is 24.1 Å². The van der Waals surface area contributed by atoms with E-state index in [1.165, 1.54) is 0 Å². The minimum Gasteiger partial charge on any atom is -0.364 e. The molecule has 120 valence electrons. The first kappa shape index (κ1) is 14.7. The fourth-order valence-electron chi connectivity index (χ4n) is 2.53. The number of aromatic nitrogens is 5.